The molecule has 0 amide bonds. The molecule has 0 aliphatic carbocycles. The lowest BCUT2D eigenvalue weighted by atomic mass is 10.1. The van der Waals surface area contributed by atoms with Crippen LogP contribution in [0.3, 0.4) is 0 Å². The van der Waals surface area contributed by atoms with Gasteiger partial charge in [-0.2, -0.15) is 0 Å². The topological polar surface area (TPSA) is 55.0 Å². The molecule has 0 spiro atoms. The summed E-state index contributed by atoms with van der Waals surface area (Å²) in [5.41, 5.74) is 10.7. The van der Waals surface area contributed by atoms with Crippen LogP contribution in [0.4, 0.5) is 11.5 Å². The summed E-state index contributed by atoms with van der Waals surface area (Å²) >= 11 is 0. The van der Waals surface area contributed by atoms with Crippen LogP contribution in [0, 0.1) is 0 Å². The molecule has 0 unspecified atom stereocenters. The normalized spacial score (nSPS) is 10.5. The van der Waals surface area contributed by atoms with Gasteiger partial charge in [0.25, 0.3) is 0 Å². The second-order valence-electron chi connectivity index (χ2n) is 5.30. The fourth-order valence-electron chi connectivity index (χ4n) is 2.28. The smallest absolute Gasteiger partial charge is 0.150 e. The van der Waals surface area contributed by atoms with Crippen LogP contribution < -0.4 is 10.6 Å². The minimum absolute atomic E-state index is 0.442. The van der Waals surface area contributed by atoms with Crippen LogP contribution >= 0.6 is 0 Å². The third-order valence-electron chi connectivity index (χ3n) is 3.53. The molecule has 0 fully saturated rings. The van der Waals surface area contributed by atoms with Crippen molar-refractivity contribution in [2.75, 3.05) is 24.7 Å². The first-order chi connectivity index (χ1) is 10.6. The average Bonchev–Trinajstić information content (AvgIpc) is 2.56. The molecule has 2 aromatic carbocycles. The summed E-state index contributed by atoms with van der Waals surface area (Å²) < 4.78 is 0. The Morgan fingerprint density at radius 2 is 1.55 bits per heavy atom. The van der Waals surface area contributed by atoms with E-state index in [0.29, 0.717) is 11.5 Å². The first kappa shape index (κ1) is 14.1. The van der Waals surface area contributed by atoms with Gasteiger partial charge in [0.2, 0.25) is 0 Å². The third-order valence-corrected chi connectivity index (χ3v) is 3.53. The molecule has 0 saturated heterocycles. The summed E-state index contributed by atoms with van der Waals surface area (Å²) in [5.74, 6) is 0.442. The van der Waals surface area contributed by atoms with Crippen LogP contribution in [-0.2, 0) is 0 Å². The molecule has 1 aromatic heterocycles. The Morgan fingerprint density at radius 3 is 2.18 bits per heavy atom. The summed E-state index contributed by atoms with van der Waals surface area (Å²) in [6.45, 7) is 0. The second-order valence-corrected chi connectivity index (χ2v) is 5.30. The second kappa shape index (κ2) is 5.85. The van der Waals surface area contributed by atoms with E-state index >= 15 is 0 Å². The zero-order chi connectivity index (χ0) is 15.5. The Labute approximate surface area is 130 Å². The van der Waals surface area contributed by atoms with E-state index in [0.717, 1.165) is 22.5 Å². The molecule has 0 radical (unpaired) electrons. The Hall–Kier alpha value is -2.88. The van der Waals surface area contributed by atoms with E-state index in [1.54, 1.807) is 6.20 Å². The molecular weight excluding hydrogens is 272 g/mol. The zero-order valence-electron chi connectivity index (χ0n) is 12.7. The van der Waals surface area contributed by atoms with E-state index in [9.17, 15) is 0 Å². The molecule has 1 heterocycles. The molecule has 3 rings (SSSR count). The van der Waals surface area contributed by atoms with E-state index < -0.39 is 0 Å². The monoisotopic (exact) mass is 290 g/mol. The SMILES string of the molecule is CN(C)c1ccc(-c2nc(-c3ccccc3)cnc2N)cc1. The lowest BCUT2D eigenvalue weighted by Gasteiger charge is -2.13. The summed E-state index contributed by atoms with van der Waals surface area (Å²) in [4.78, 5) is 11.0. The zero-order valence-corrected chi connectivity index (χ0v) is 12.7. The number of rotatable bonds is 3. The lowest BCUT2D eigenvalue weighted by molar-refractivity contribution is 1.13. The Bertz CT molecular complexity index is 765. The quantitative estimate of drug-likeness (QED) is 0.802. The molecule has 22 heavy (non-hydrogen) atoms. The van der Waals surface area contributed by atoms with Gasteiger partial charge in [0.15, 0.2) is 0 Å². The van der Waals surface area contributed by atoms with E-state index in [-0.39, 0.29) is 0 Å². The molecular formula is C18H18N4. The predicted octanol–water partition coefficient (Wildman–Crippen LogP) is 3.46. The summed E-state index contributed by atoms with van der Waals surface area (Å²) in [6, 6.07) is 18.1. The first-order valence-electron chi connectivity index (χ1n) is 7.11. The summed E-state index contributed by atoms with van der Waals surface area (Å²) in [7, 11) is 4.03. The molecule has 3 aromatic rings. The van der Waals surface area contributed by atoms with Crippen LogP contribution in [0.25, 0.3) is 22.5 Å². The maximum Gasteiger partial charge on any atom is 0.150 e. The van der Waals surface area contributed by atoms with Gasteiger partial charge in [-0.15, -0.1) is 0 Å². The highest BCUT2D eigenvalue weighted by atomic mass is 15.1. The van der Waals surface area contributed by atoms with Crippen molar-refractivity contribution in [3.8, 4) is 22.5 Å². The van der Waals surface area contributed by atoms with E-state index in [1.807, 2.05) is 68.7 Å². The molecule has 0 aliphatic heterocycles. The highest BCUT2D eigenvalue weighted by Crippen LogP contribution is 2.27. The molecule has 4 nitrogen and oxygen atoms in total. The maximum atomic E-state index is 6.01. The van der Waals surface area contributed by atoms with Gasteiger partial charge < -0.3 is 10.6 Å². The molecule has 0 saturated carbocycles. The van der Waals surface area contributed by atoms with Crippen molar-refractivity contribution in [3.63, 3.8) is 0 Å². The molecule has 110 valence electrons. The van der Waals surface area contributed by atoms with Gasteiger partial charge in [0.1, 0.15) is 11.5 Å². The first-order valence-corrected chi connectivity index (χ1v) is 7.11. The van der Waals surface area contributed by atoms with Crippen molar-refractivity contribution in [2.45, 2.75) is 0 Å². The van der Waals surface area contributed by atoms with Gasteiger partial charge in [-0.1, -0.05) is 42.5 Å². The van der Waals surface area contributed by atoms with E-state index in [2.05, 4.69) is 14.9 Å². The molecule has 0 atom stereocenters. The number of hydrogen-bond acceptors (Lipinski definition) is 4. The van der Waals surface area contributed by atoms with E-state index in [4.69, 9.17) is 5.73 Å². The van der Waals surface area contributed by atoms with Gasteiger partial charge in [0, 0.05) is 30.9 Å². The van der Waals surface area contributed by atoms with Crippen molar-refractivity contribution in [3.05, 3.63) is 60.8 Å². The number of nitrogens with zero attached hydrogens (tertiary/aromatic N) is 3. The molecule has 0 aliphatic rings. The minimum atomic E-state index is 0.442. The Morgan fingerprint density at radius 1 is 0.864 bits per heavy atom. The van der Waals surface area contributed by atoms with Crippen LogP contribution in [-0.4, -0.2) is 24.1 Å². The van der Waals surface area contributed by atoms with Crippen molar-refractivity contribution >= 4 is 11.5 Å². The standard InChI is InChI=1S/C18H18N4/c1-22(2)15-10-8-14(9-11-15)17-18(19)20-12-16(21-17)13-6-4-3-5-7-13/h3-12H,1-2H3,(H2,19,20). The number of hydrogen-bond donors (Lipinski definition) is 1. The number of nitrogens with two attached hydrogens (primary N) is 1. The van der Waals surface area contributed by atoms with Gasteiger partial charge in [-0.05, 0) is 12.1 Å². The highest BCUT2D eigenvalue weighted by molar-refractivity contribution is 5.74. The third kappa shape index (κ3) is 2.76. The number of benzene rings is 2. The summed E-state index contributed by atoms with van der Waals surface area (Å²) in [5, 5.41) is 0. The van der Waals surface area contributed by atoms with Crippen LogP contribution in [0.2, 0.25) is 0 Å². The van der Waals surface area contributed by atoms with Gasteiger partial charge in [-0.3, -0.25) is 0 Å². The van der Waals surface area contributed by atoms with Gasteiger partial charge in [-0.25, -0.2) is 9.97 Å². The van der Waals surface area contributed by atoms with Crippen molar-refractivity contribution < 1.29 is 0 Å². The Balaban J connectivity index is 2.03. The van der Waals surface area contributed by atoms with Crippen molar-refractivity contribution in [1.29, 1.82) is 0 Å². The lowest BCUT2D eigenvalue weighted by Crippen LogP contribution is -2.08. The molecule has 0 bridgehead atoms. The van der Waals surface area contributed by atoms with Crippen LogP contribution in [0.5, 0.6) is 0 Å². The van der Waals surface area contributed by atoms with Crippen molar-refractivity contribution in [1.82, 2.24) is 9.97 Å². The largest absolute Gasteiger partial charge is 0.382 e. The van der Waals surface area contributed by atoms with Crippen LogP contribution in [0.1, 0.15) is 0 Å². The molecule has 4 heteroatoms. The maximum absolute atomic E-state index is 6.01. The highest BCUT2D eigenvalue weighted by Gasteiger charge is 2.09. The van der Waals surface area contributed by atoms with Gasteiger partial charge >= 0.3 is 0 Å². The van der Waals surface area contributed by atoms with Crippen molar-refractivity contribution in [2.24, 2.45) is 0 Å². The summed E-state index contributed by atoms with van der Waals surface area (Å²) in [6.07, 6.45) is 1.71. The predicted molar refractivity (Wildman–Crippen MR) is 91.6 cm³/mol. The molecule has 2 N–H and O–H groups in total. The van der Waals surface area contributed by atoms with E-state index in [1.165, 1.54) is 0 Å². The van der Waals surface area contributed by atoms with Crippen LogP contribution in [0.15, 0.2) is 60.8 Å². The number of nitrogen functional groups attached to an aromatic ring is 1. The fourth-order valence-corrected chi connectivity index (χ4v) is 2.28. The fraction of sp³-hybridized carbons (Fsp3) is 0.111. The van der Waals surface area contributed by atoms with Gasteiger partial charge in [0.05, 0.1) is 11.9 Å². The average molecular weight is 290 g/mol. The number of aromatic nitrogens is 2. The number of anilines is 2. The minimum Gasteiger partial charge on any atom is -0.382 e. The Kier molecular flexibility index (Phi) is 3.74.